The number of likely N-dealkylation sites (tertiary alicyclic amines) is 1. The molecule has 106 valence electrons. The summed E-state index contributed by atoms with van der Waals surface area (Å²) in [4.78, 5) is 2.52. The highest BCUT2D eigenvalue weighted by Crippen LogP contribution is 2.24. The zero-order chi connectivity index (χ0) is 13.7. The molecular formula is C16H25FN2. The van der Waals surface area contributed by atoms with Gasteiger partial charge in [-0.1, -0.05) is 13.8 Å². The molecule has 0 atom stereocenters. The zero-order valence-corrected chi connectivity index (χ0v) is 12.0. The number of piperidine rings is 1. The van der Waals surface area contributed by atoms with Crippen molar-refractivity contribution >= 4 is 5.69 Å². The number of anilines is 1. The van der Waals surface area contributed by atoms with E-state index in [9.17, 15) is 4.39 Å². The van der Waals surface area contributed by atoms with Crippen molar-refractivity contribution in [1.82, 2.24) is 4.90 Å². The number of hydrogen-bond acceptors (Lipinski definition) is 2. The van der Waals surface area contributed by atoms with E-state index in [-0.39, 0.29) is 5.82 Å². The lowest BCUT2D eigenvalue weighted by molar-refractivity contribution is 0.162. The van der Waals surface area contributed by atoms with E-state index in [0.29, 0.717) is 0 Å². The van der Waals surface area contributed by atoms with Gasteiger partial charge < -0.3 is 10.2 Å². The molecule has 1 aliphatic rings. The molecule has 0 amide bonds. The van der Waals surface area contributed by atoms with Crippen molar-refractivity contribution in [3.05, 3.63) is 30.1 Å². The van der Waals surface area contributed by atoms with Crippen LogP contribution in [0.5, 0.6) is 0 Å². The number of nitrogens with one attached hydrogen (secondary N) is 1. The quantitative estimate of drug-likeness (QED) is 0.874. The number of hydrogen-bond donors (Lipinski definition) is 1. The first-order valence-corrected chi connectivity index (χ1v) is 7.37. The van der Waals surface area contributed by atoms with Gasteiger partial charge in [-0.2, -0.15) is 0 Å². The smallest absolute Gasteiger partial charge is 0.123 e. The van der Waals surface area contributed by atoms with Crippen molar-refractivity contribution in [2.45, 2.75) is 26.7 Å². The summed E-state index contributed by atoms with van der Waals surface area (Å²) in [6.45, 7) is 9.09. The lowest BCUT2D eigenvalue weighted by atomic mass is 9.87. The van der Waals surface area contributed by atoms with Gasteiger partial charge in [0.25, 0.3) is 0 Å². The third kappa shape index (κ3) is 4.50. The summed E-state index contributed by atoms with van der Waals surface area (Å²) in [5.74, 6) is 1.54. The van der Waals surface area contributed by atoms with Crippen LogP contribution in [0.1, 0.15) is 26.7 Å². The second-order valence-electron chi connectivity index (χ2n) is 5.86. The minimum atomic E-state index is -0.179. The summed E-state index contributed by atoms with van der Waals surface area (Å²) in [6.07, 6.45) is 2.66. The Bertz CT molecular complexity index is 367. The van der Waals surface area contributed by atoms with Gasteiger partial charge >= 0.3 is 0 Å². The SMILES string of the molecule is CC(C)C1CCN(CCNc2ccc(F)cc2)CC1. The second kappa shape index (κ2) is 6.90. The molecule has 0 saturated carbocycles. The largest absolute Gasteiger partial charge is 0.384 e. The summed E-state index contributed by atoms with van der Waals surface area (Å²) >= 11 is 0. The summed E-state index contributed by atoms with van der Waals surface area (Å²) in [7, 11) is 0. The van der Waals surface area contributed by atoms with E-state index in [2.05, 4.69) is 24.1 Å². The number of halogens is 1. The Morgan fingerprint density at radius 1 is 1.21 bits per heavy atom. The highest BCUT2D eigenvalue weighted by atomic mass is 19.1. The van der Waals surface area contributed by atoms with Crippen LogP contribution >= 0.6 is 0 Å². The van der Waals surface area contributed by atoms with Crippen molar-refractivity contribution < 1.29 is 4.39 Å². The van der Waals surface area contributed by atoms with Crippen LogP contribution in [0, 0.1) is 17.7 Å². The lowest BCUT2D eigenvalue weighted by Crippen LogP contribution is -2.37. The maximum Gasteiger partial charge on any atom is 0.123 e. The topological polar surface area (TPSA) is 15.3 Å². The summed E-state index contributed by atoms with van der Waals surface area (Å²) in [5, 5.41) is 3.34. The lowest BCUT2D eigenvalue weighted by Gasteiger charge is -2.33. The maximum absolute atomic E-state index is 12.8. The van der Waals surface area contributed by atoms with Gasteiger partial charge in [-0.05, 0) is 62.0 Å². The average Bonchev–Trinajstić information content (AvgIpc) is 2.41. The molecule has 0 radical (unpaired) electrons. The molecule has 0 aromatic heterocycles. The van der Waals surface area contributed by atoms with Crippen molar-refractivity contribution in [2.75, 3.05) is 31.5 Å². The number of benzene rings is 1. The normalized spacial score (nSPS) is 17.9. The number of nitrogens with zero attached hydrogens (tertiary/aromatic N) is 1. The highest BCUT2D eigenvalue weighted by Gasteiger charge is 2.20. The van der Waals surface area contributed by atoms with Crippen molar-refractivity contribution in [1.29, 1.82) is 0 Å². The van der Waals surface area contributed by atoms with Gasteiger partial charge in [0.15, 0.2) is 0 Å². The first-order valence-electron chi connectivity index (χ1n) is 7.37. The summed E-state index contributed by atoms with van der Waals surface area (Å²) < 4.78 is 12.8. The van der Waals surface area contributed by atoms with Crippen LogP contribution in [0.4, 0.5) is 10.1 Å². The first-order chi connectivity index (χ1) is 9.15. The Balaban J connectivity index is 1.65. The Morgan fingerprint density at radius 3 is 2.42 bits per heavy atom. The van der Waals surface area contributed by atoms with E-state index < -0.39 is 0 Å². The van der Waals surface area contributed by atoms with E-state index in [1.54, 1.807) is 12.1 Å². The van der Waals surface area contributed by atoms with Crippen LogP contribution in [0.25, 0.3) is 0 Å². The van der Waals surface area contributed by atoms with Crippen LogP contribution in [0.3, 0.4) is 0 Å². The molecule has 1 aromatic carbocycles. The van der Waals surface area contributed by atoms with Crippen molar-refractivity contribution in [3.63, 3.8) is 0 Å². The van der Waals surface area contributed by atoms with E-state index in [1.165, 1.54) is 38.1 Å². The molecule has 1 N–H and O–H groups in total. The van der Waals surface area contributed by atoms with Gasteiger partial charge in [-0.25, -0.2) is 4.39 Å². The third-order valence-electron chi connectivity index (χ3n) is 4.18. The van der Waals surface area contributed by atoms with Gasteiger partial charge in [0.1, 0.15) is 5.82 Å². The van der Waals surface area contributed by atoms with Crippen LogP contribution in [0.15, 0.2) is 24.3 Å². The van der Waals surface area contributed by atoms with Crippen molar-refractivity contribution in [2.24, 2.45) is 11.8 Å². The zero-order valence-electron chi connectivity index (χ0n) is 12.0. The second-order valence-corrected chi connectivity index (χ2v) is 5.86. The minimum Gasteiger partial charge on any atom is -0.384 e. The van der Waals surface area contributed by atoms with E-state index in [0.717, 1.165) is 30.6 Å². The molecular weight excluding hydrogens is 239 g/mol. The molecule has 2 nitrogen and oxygen atoms in total. The molecule has 1 saturated heterocycles. The van der Waals surface area contributed by atoms with E-state index >= 15 is 0 Å². The molecule has 0 spiro atoms. The molecule has 1 aliphatic heterocycles. The molecule has 0 aliphatic carbocycles. The standard InChI is InChI=1S/C16H25FN2/c1-13(2)14-7-10-19(11-8-14)12-9-18-16-5-3-15(17)4-6-16/h3-6,13-14,18H,7-12H2,1-2H3. The van der Waals surface area contributed by atoms with Crippen LogP contribution < -0.4 is 5.32 Å². The highest BCUT2D eigenvalue weighted by molar-refractivity contribution is 5.42. The van der Waals surface area contributed by atoms with Gasteiger partial charge in [-0.15, -0.1) is 0 Å². The Kier molecular flexibility index (Phi) is 5.20. The fraction of sp³-hybridized carbons (Fsp3) is 0.625. The van der Waals surface area contributed by atoms with Gasteiger partial charge in [0.05, 0.1) is 0 Å². The van der Waals surface area contributed by atoms with Gasteiger partial charge in [0.2, 0.25) is 0 Å². The molecule has 1 aromatic rings. The maximum atomic E-state index is 12.8. The molecule has 0 bridgehead atoms. The van der Waals surface area contributed by atoms with Crippen LogP contribution in [-0.2, 0) is 0 Å². The third-order valence-corrected chi connectivity index (χ3v) is 4.18. The van der Waals surface area contributed by atoms with E-state index in [1.807, 2.05) is 0 Å². The van der Waals surface area contributed by atoms with E-state index in [4.69, 9.17) is 0 Å². The molecule has 1 heterocycles. The van der Waals surface area contributed by atoms with Crippen LogP contribution in [-0.4, -0.2) is 31.1 Å². The number of rotatable bonds is 5. The first kappa shape index (κ1) is 14.3. The van der Waals surface area contributed by atoms with Gasteiger partial charge in [-0.3, -0.25) is 0 Å². The van der Waals surface area contributed by atoms with Crippen LogP contribution in [0.2, 0.25) is 0 Å². The Morgan fingerprint density at radius 2 is 1.84 bits per heavy atom. The predicted octanol–water partition coefficient (Wildman–Crippen LogP) is 3.61. The minimum absolute atomic E-state index is 0.179. The fourth-order valence-corrected chi connectivity index (χ4v) is 2.77. The molecule has 0 unspecified atom stereocenters. The monoisotopic (exact) mass is 264 g/mol. The average molecular weight is 264 g/mol. The van der Waals surface area contributed by atoms with Gasteiger partial charge in [0, 0.05) is 18.8 Å². The molecule has 3 heteroatoms. The summed E-state index contributed by atoms with van der Waals surface area (Å²) in [5.41, 5.74) is 0.999. The predicted molar refractivity (Wildman–Crippen MR) is 78.9 cm³/mol. The van der Waals surface area contributed by atoms with Crippen molar-refractivity contribution in [3.8, 4) is 0 Å². The Labute approximate surface area is 116 Å². The molecule has 19 heavy (non-hydrogen) atoms. The fourth-order valence-electron chi connectivity index (χ4n) is 2.77. The molecule has 2 rings (SSSR count). The molecule has 1 fully saturated rings. The Hall–Kier alpha value is -1.09. The summed E-state index contributed by atoms with van der Waals surface area (Å²) in [6, 6.07) is 6.58.